The third-order valence-electron chi connectivity index (χ3n) is 3.28. The van der Waals surface area contributed by atoms with E-state index in [1.54, 1.807) is 6.07 Å². The monoisotopic (exact) mass is 316 g/mol. The Morgan fingerprint density at radius 2 is 2.22 bits per heavy atom. The highest BCUT2D eigenvalue weighted by molar-refractivity contribution is 9.10. The zero-order valence-electron chi connectivity index (χ0n) is 10.6. The molecule has 0 aliphatic carbocycles. The third kappa shape index (κ3) is 2.53. The molecule has 0 aromatic heterocycles. The standard InChI is InChI=1S/C13H18BrFN2O/c1-8-7-18-9(2)6-17(8)11-4-3-10(5-16)12(14)13(11)15/h3-4,8-9H,5-7,16H2,1-2H3. The van der Waals surface area contributed by atoms with Crippen LogP contribution in [0.25, 0.3) is 0 Å². The number of morpholine rings is 1. The molecule has 0 amide bonds. The van der Waals surface area contributed by atoms with Crippen LogP contribution in [-0.2, 0) is 11.3 Å². The first kappa shape index (κ1) is 13.8. The number of benzene rings is 1. The van der Waals surface area contributed by atoms with Crippen LogP contribution in [0.5, 0.6) is 0 Å². The molecule has 1 aromatic rings. The maximum Gasteiger partial charge on any atom is 0.160 e. The number of hydrogen-bond acceptors (Lipinski definition) is 3. The van der Waals surface area contributed by atoms with Gasteiger partial charge in [-0.2, -0.15) is 0 Å². The molecule has 5 heteroatoms. The Hall–Kier alpha value is -0.650. The summed E-state index contributed by atoms with van der Waals surface area (Å²) in [7, 11) is 0. The fraction of sp³-hybridized carbons (Fsp3) is 0.538. The maximum atomic E-state index is 14.3. The van der Waals surface area contributed by atoms with Crippen molar-refractivity contribution >= 4 is 21.6 Å². The Kier molecular flexibility index (Phi) is 4.25. The summed E-state index contributed by atoms with van der Waals surface area (Å²) in [5.74, 6) is -0.237. The lowest BCUT2D eigenvalue weighted by molar-refractivity contribution is 0.0341. The first-order valence-electron chi connectivity index (χ1n) is 6.09. The zero-order valence-corrected chi connectivity index (χ0v) is 12.2. The average Bonchev–Trinajstić information content (AvgIpc) is 2.36. The Balaban J connectivity index is 2.35. The highest BCUT2D eigenvalue weighted by Crippen LogP contribution is 2.31. The summed E-state index contributed by atoms with van der Waals surface area (Å²) in [6, 6.07) is 3.85. The van der Waals surface area contributed by atoms with E-state index in [1.807, 2.05) is 19.9 Å². The van der Waals surface area contributed by atoms with Gasteiger partial charge in [-0.1, -0.05) is 6.07 Å². The molecule has 3 nitrogen and oxygen atoms in total. The van der Waals surface area contributed by atoms with Crippen molar-refractivity contribution in [1.82, 2.24) is 0 Å². The summed E-state index contributed by atoms with van der Waals surface area (Å²) >= 11 is 3.28. The van der Waals surface area contributed by atoms with Crippen LogP contribution in [0.1, 0.15) is 19.4 Å². The van der Waals surface area contributed by atoms with E-state index in [4.69, 9.17) is 10.5 Å². The van der Waals surface area contributed by atoms with Crippen molar-refractivity contribution in [3.8, 4) is 0 Å². The molecule has 2 rings (SSSR count). The molecule has 1 aliphatic rings. The average molecular weight is 317 g/mol. The largest absolute Gasteiger partial charge is 0.375 e. The second kappa shape index (κ2) is 5.55. The molecule has 0 bridgehead atoms. The highest BCUT2D eigenvalue weighted by atomic mass is 79.9. The van der Waals surface area contributed by atoms with E-state index in [9.17, 15) is 4.39 Å². The quantitative estimate of drug-likeness (QED) is 0.911. The van der Waals surface area contributed by atoms with Gasteiger partial charge < -0.3 is 15.4 Å². The summed E-state index contributed by atoms with van der Waals surface area (Å²) in [4.78, 5) is 2.05. The van der Waals surface area contributed by atoms with Crippen molar-refractivity contribution < 1.29 is 9.13 Å². The molecule has 2 atom stereocenters. The van der Waals surface area contributed by atoms with Crippen molar-refractivity contribution in [2.75, 3.05) is 18.1 Å². The number of hydrogen-bond donors (Lipinski definition) is 1. The summed E-state index contributed by atoms with van der Waals surface area (Å²) in [5, 5.41) is 0. The van der Waals surface area contributed by atoms with Gasteiger partial charge in [0.25, 0.3) is 0 Å². The van der Waals surface area contributed by atoms with Gasteiger partial charge in [0.05, 0.1) is 22.9 Å². The van der Waals surface area contributed by atoms with Crippen LogP contribution in [0.2, 0.25) is 0 Å². The van der Waals surface area contributed by atoms with Crippen molar-refractivity contribution in [1.29, 1.82) is 0 Å². The van der Waals surface area contributed by atoms with Gasteiger partial charge >= 0.3 is 0 Å². The summed E-state index contributed by atoms with van der Waals surface area (Å²) < 4.78 is 20.4. The zero-order chi connectivity index (χ0) is 13.3. The predicted molar refractivity (Wildman–Crippen MR) is 74.2 cm³/mol. The van der Waals surface area contributed by atoms with Crippen LogP contribution < -0.4 is 10.6 Å². The Bertz CT molecular complexity index is 441. The molecule has 0 spiro atoms. The van der Waals surface area contributed by atoms with Gasteiger partial charge in [0.15, 0.2) is 5.82 Å². The lowest BCUT2D eigenvalue weighted by atomic mass is 10.1. The smallest absolute Gasteiger partial charge is 0.160 e. The van der Waals surface area contributed by atoms with Gasteiger partial charge in [0.2, 0.25) is 0 Å². The van der Waals surface area contributed by atoms with Gasteiger partial charge in [-0.15, -0.1) is 0 Å². The predicted octanol–water partition coefficient (Wildman–Crippen LogP) is 2.66. The van der Waals surface area contributed by atoms with E-state index >= 15 is 0 Å². The second-order valence-electron chi connectivity index (χ2n) is 4.72. The molecule has 2 unspecified atom stereocenters. The van der Waals surface area contributed by atoms with Crippen LogP contribution in [0.3, 0.4) is 0 Å². The number of halogens is 2. The van der Waals surface area contributed by atoms with Gasteiger partial charge in [0.1, 0.15) is 0 Å². The minimum Gasteiger partial charge on any atom is -0.375 e. The van der Waals surface area contributed by atoms with E-state index < -0.39 is 0 Å². The van der Waals surface area contributed by atoms with Crippen molar-refractivity contribution in [3.05, 3.63) is 28.0 Å². The number of anilines is 1. The summed E-state index contributed by atoms with van der Waals surface area (Å²) in [6.07, 6.45) is 0.119. The van der Waals surface area contributed by atoms with Gasteiger partial charge in [-0.05, 0) is 41.4 Å². The third-order valence-corrected chi connectivity index (χ3v) is 4.14. The Morgan fingerprint density at radius 1 is 1.50 bits per heavy atom. The first-order valence-corrected chi connectivity index (χ1v) is 6.89. The molecule has 0 saturated carbocycles. The Labute approximate surface area is 115 Å². The summed E-state index contributed by atoms with van der Waals surface area (Å²) in [5.41, 5.74) is 6.96. The lowest BCUT2D eigenvalue weighted by Gasteiger charge is -2.38. The molecule has 18 heavy (non-hydrogen) atoms. The van der Waals surface area contributed by atoms with Crippen molar-refractivity contribution in [2.24, 2.45) is 5.73 Å². The molecule has 2 N–H and O–H groups in total. The molecular weight excluding hydrogens is 299 g/mol. The normalized spacial score (nSPS) is 24.4. The van der Waals surface area contributed by atoms with E-state index in [-0.39, 0.29) is 18.0 Å². The number of nitrogens with zero attached hydrogens (tertiary/aromatic N) is 1. The minimum atomic E-state index is -0.237. The highest BCUT2D eigenvalue weighted by Gasteiger charge is 2.26. The molecule has 100 valence electrons. The van der Waals surface area contributed by atoms with Gasteiger partial charge in [-0.3, -0.25) is 0 Å². The van der Waals surface area contributed by atoms with E-state index in [0.29, 0.717) is 29.9 Å². The van der Waals surface area contributed by atoms with Crippen LogP contribution >= 0.6 is 15.9 Å². The van der Waals surface area contributed by atoms with E-state index in [1.165, 1.54) is 0 Å². The molecule has 1 heterocycles. The lowest BCUT2D eigenvalue weighted by Crippen LogP contribution is -2.47. The summed E-state index contributed by atoms with van der Waals surface area (Å²) in [6.45, 7) is 5.69. The minimum absolute atomic E-state index is 0.119. The second-order valence-corrected chi connectivity index (χ2v) is 5.51. The molecule has 1 saturated heterocycles. The van der Waals surface area contributed by atoms with Crippen molar-refractivity contribution in [2.45, 2.75) is 32.5 Å². The first-order chi connectivity index (χ1) is 8.54. The number of nitrogens with two attached hydrogens (primary N) is 1. The SMILES string of the molecule is CC1CN(c2ccc(CN)c(Br)c2F)C(C)CO1. The number of ether oxygens (including phenoxy) is 1. The fourth-order valence-corrected chi connectivity index (χ4v) is 2.69. The molecule has 1 aliphatic heterocycles. The topological polar surface area (TPSA) is 38.5 Å². The van der Waals surface area contributed by atoms with Crippen LogP contribution in [0.15, 0.2) is 16.6 Å². The molecule has 1 aromatic carbocycles. The molecular formula is C13H18BrFN2O. The van der Waals surface area contributed by atoms with E-state index in [2.05, 4.69) is 20.8 Å². The maximum absolute atomic E-state index is 14.3. The molecule has 0 radical (unpaired) electrons. The van der Waals surface area contributed by atoms with E-state index in [0.717, 1.165) is 5.56 Å². The number of rotatable bonds is 2. The molecule has 1 fully saturated rings. The Morgan fingerprint density at radius 3 is 2.89 bits per heavy atom. The van der Waals surface area contributed by atoms with Crippen molar-refractivity contribution in [3.63, 3.8) is 0 Å². The van der Waals surface area contributed by atoms with Crippen LogP contribution in [0, 0.1) is 5.82 Å². The van der Waals surface area contributed by atoms with Gasteiger partial charge in [0, 0.05) is 19.1 Å². The fourth-order valence-electron chi connectivity index (χ4n) is 2.20. The van der Waals surface area contributed by atoms with Crippen LogP contribution in [0.4, 0.5) is 10.1 Å². The van der Waals surface area contributed by atoms with Crippen LogP contribution in [-0.4, -0.2) is 25.3 Å². The van der Waals surface area contributed by atoms with Gasteiger partial charge in [-0.25, -0.2) is 4.39 Å².